The van der Waals surface area contributed by atoms with E-state index in [9.17, 15) is 14.9 Å². The zero-order valence-electron chi connectivity index (χ0n) is 12.6. The van der Waals surface area contributed by atoms with Crippen LogP contribution in [0.1, 0.15) is 30.0 Å². The lowest BCUT2D eigenvalue weighted by Gasteiger charge is -2.13. The van der Waals surface area contributed by atoms with Crippen molar-refractivity contribution in [1.82, 2.24) is 9.78 Å². The van der Waals surface area contributed by atoms with Crippen molar-refractivity contribution in [3.05, 3.63) is 57.4 Å². The van der Waals surface area contributed by atoms with Crippen molar-refractivity contribution in [3.8, 4) is 0 Å². The number of hydrogen-bond donors (Lipinski definition) is 0. The van der Waals surface area contributed by atoms with Crippen molar-refractivity contribution >= 4 is 11.7 Å². The van der Waals surface area contributed by atoms with Gasteiger partial charge in [-0.2, -0.15) is 5.10 Å². The van der Waals surface area contributed by atoms with Gasteiger partial charge < -0.3 is 4.74 Å². The third-order valence-corrected chi connectivity index (χ3v) is 3.38. The first-order valence-electron chi connectivity index (χ1n) is 6.83. The lowest BCUT2D eigenvalue weighted by Crippen LogP contribution is -2.17. The molecule has 2 rings (SSSR count). The Hall–Kier alpha value is -2.70. The quantitative estimate of drug-likeness (QED) is 0.481. The number of carbonyl (C=O) groups is 1. The third-order valence-electron chi connectivity index (χ3n) is 3.38. The van der Waals surface area contributed by atoms with Crippen molar-refractivity contribution in [2.45, 2.75) is 33.4 Å². The number of aromatic nitrogens is 2. The first-order chi connectivity index (χ1) is 10.4. The number of hydrogen-bond acceptors (Lipinski definition) is 5. The molecule has 1 atom stereocenters. The molecule has 22 heavy (non-hydrogen) atoms. The lowest BCUT2D eigenvalue weighted by molar-refractivity contribution is -0.386. The number of nitrogens with zero attached hydrogens (tertiary/aromatic N) is 3. The summed E-state index contributed by atoms with van der Waals surface area (Å²) in [4.78, 5) is 22.4. The maximum absolute atomic E-state index is 12.0. The highest BCUT2D eigenvalue weighted by Crippen LogP contribution is 2.22. The monoisotopic (exact) mass is 303 g/mol. The molecule has 0 bridgehead atoms. The van der Waals surface area contributed by atoms with Crippen LogP contribution in [0.4, 0.5) is 5.69 Å². The van der Waals surface area contributed by atoms with Crippen LogP contribution in [0.15, 0.2) is 30.3 Å². The van der Waals surface area contributed by atoms with E-state index in [0.717, 1.165) is 5.56 Å². The summed E-state index contributed by atoms with van der Waals surface area (Å²) >= 11 is 0. The fourth-order valence-electron chi connectivity index (χ4n) is 2.25. The molecule has 0 saturated heterocycles. The zero-order chi connectivity index (χ0) is 16.3. The van der Waals surface area contributed by atoms with Crippen LogP contribution >= 0.6 is 0 Å². The van der Waals surface area contributed by atoms with Gasteiger partial charge in [-0.25, -0.2) is 0 Å². The van der Waals surface area contributed by atoms with Crippen LogP contribution in [-0.2, 0) is 16.1 Å². The van der Waals surface area contributed by atoms with Gasteiger partial charge in [0.25, 0.3) is 0 Å². The van der Waals surface area contributed by atoms with Crippen LogP contribution < -0.4 is 0 Å². The Morgan fingerprint density at radius 1 is 1.36 bits per heavy atom. The first kappa shape index (κ1) is 15.7. The van der Waals surface area contributed by atoms with Crippen molar-refractivity contribution in [2.24, 2.45) is 0 Å². The van der Waals surface area contributed by atoms with E-state index in [2.05, 4.69) is 5.10 Å². The molecule has 0 aliphatic carbocycles. The lowest BCUT2D eigenvalue weighted by atomic mass is 10.1. The molecule has 7 heteroatoms. The number of benzene rings is 1. The highest BCUT2D eigenvalue weighted by atomic mass is 16.6. The van der Waals surface area contributed by atoms with Crippen molar-refractivity contribution < 1.29 is 14.5 Å². The fourth-order valence-corrected chi connectivity index (χ4v) is 2.25. The van der Waals surface area contributed by atoms with Crippen LogP contribution in [-0.4, -0.2) is 20.7 Å². The highest BCUT2D eigenvalue weighted by molar-refractivity contribution is 5.69. The maximum Gasteiger partial charge on any atom is 0.328 e. The number of aryl methyl sites for hydroxylation is 1. The topological polar surface area (TPSA) is 87.3 Å². The maximum atomic E-state index is 12.0. The molecule has 1 aromatic carbocycles. The smallest absolute Gasteiger partial charge is 0.328 e. The molecule has 1 heterocycles. The Balaban J connectivity index is 2.07. The van der Waals surface area contributed by atoms with Gasteiger partial charge in [0, 0.05) is 0 Å². The average Bonchev–Trinajstić information content (AvgIpc) is 2.74. The molecule has 7 nitrogen and oxygen atoms in total. The molecule has 0 aliphatic heterocycles. The summed E-state index contributed by atoms with van der Waals surface area (Å²) in [7, 11) is 0. The summed E-state index contributed by atoms with van der Waals surface area (Å²) in [5.41, 5.74) is 1.44. The highest BCUT2D eigenvalue weighted by Gasteiger charge is 2.23. The average molecular weight is 303 g/mol. The SMILES string of the molecule is Cc1nn(CC(=O)O[C@@H](C)c2ccccc2)c(C)c1[N+](=O)[O-]. The van der Waals surface area contributed by atoms with E-state index in [0.29, 0.717) is 5.69 Å². The van der Waals surface area contributed by atoms with Gasteiger partial charge >= 0.3 is 11.7 Å². The van der Waals surface area contributed by atoms with Crippen LogP contribution in [0.3, 0.4) is 0 Å². The van der Waals surface area contributed by atoms with Crippen LogP contribution in [0.2, 0.25) is 0 Å². The minimum atomic E-state index is -0.494. The standard InChI is InChI=1S/C15H17N3O4/c1-10-15(18(20)21)11(2)17(16-10)9-14(19)22-12(3)13-7-5-4-6-8-13/h4-8,12H,9H2,1-3H3/t12-/m0/s1. The molecular formula is C15H17N3O4. The van der Waals surface area contributed by atoms with Crippen molar-refractivity contribution in [1.29, 1.82) is 0 Å². The van der Waals surface area contributed by atoms with E-state index in [1.165, 1.54) is 4.68 Å². The molecule has 0 spiro atoms. The number of carbonyl (C=O) groups excluding carboxylic acids is 1. The fraction of sp³-hybridized carbons (Fsp3) is 0.333. The second kappa shape index (κ2) is 6.38. The number of esters is 1. The van der Waals surface area contributed by atoms with E-state index >= 15 is 0 Å². The zero-order valence-corrected chi connectivity index (χ0v) is 12.6. The van der Waals surface area contributed by atoms with Crippen LogP contribution in [0.5, 0.6) is 0 Å². The van der Waals surface area contributed by atoms with Gasteiger partial charge in [-0.15, -0.1) is 0 Å². The molecule has 0 N–H and O–H groups in total. The first-order valence-corrected chi connectivity index (χ1v) is 6.83. The van der Waals surface area contributed by atoms with E-state index < -0.39 is 10.9 Å². The summed E-state index contributed by atoms with van der Waals surface area (Å²) in [6.07, 6.45) is -0.388. The predicted octanol–water partition coefficient (Wildman–Crippen LogP) is 2.71. The summed E-state index contributed by atoms with van der Waals surface area (Å²) < 4.78 is 6.63. The minimum Gasteiger partial charge on any atom is -0.456 e. The van der Waals surface area contributed by atoms with Crippen molar-refractivity contribution in [3.63, 3.8) is 0 Å². The number of ether oxygens (including phenoxy) is 1. The molecule has 2 aromatic rings. The second-order valence-corrected chi connectivity index (χ2v) is 4.98. The molecule has 0 aliphatic rings. The van der Waals surface area contributed by atoms with Crippen molar-refractivity contribution in [2.75, 3.05) is 0 Å². The molecule has 0 unspecified atom stereocenters. The van der Waals surface area contributed by atoms with Gasteiger partial charge in [-0.1, -0.05) is 30.3 Å². The molecule has 1 aromatic heterocycles. The molecule has 0 amide bonds. The Morgan fingerprint density at radius 2 is 2.00 bits per heavy atom. The van der Waals surface area contributed by atoms with Gasteiger partial charge in [0.2, 0.25) is 0 Å². The van der Waals surface area contributed by atoms with Gasteiger partial charge in [0.1, 0.15) is 24.0 Å². The largest absolute Gasteiger partial charge is 0.456 e. The second-order valence-electron chi connectivity index (χ2n) is 4.98. The number of nitro groups is 1. The molecule has 116 valence electrons. The van der Waals surface area contributed by atoms with Gasteiger partial charge in [0.15, 0.2) is 0 Å². The predicted molar refractivity (Wildman–Crippen MR) is 79.3 cm³/mol. The summed E-state index contributed by atoms with van der Waals surface area (Å²) in [6.45, 7) is 4.72. The van der Waals surface area contributed by atoms with Crippen LogP contribution in [0, 0.1) is 24.0 Å². The normalized spacial score (nSPS) is 12.0. The summed E-state index contributed by atoms with van der Waals surface area (Å²) in [5, 5.41) is 15.0. The Kier molecular flexibility index (Phi) is 4.55. The number of rotatable bonds is 5. The molecule has 0 saturated carbocycles. The van der Waals surface area contributed by atoms with E-state index in [4.69, 9.17) is 4.74 Å². The third kappa shape index (κ3) is 3.30. The minimum absolute atomic E-state index is 0.0658. The van der Waals surface area contributed by atoms with Gasteiger partial charge in [-0.3, -0.25) is 19.6 Å². The summed E-state index contributed by atoms with van der Waals surface area (Å²) in [5.74, 6) is -0.489. The Labute approximate surface area is 127 Å². The Morgan fingerprint density at radius 3 is 2.55 bits per heavy atom. The molecule has 0 fully saturated rings. The summed E-state index contributed by atoms with van der Waals surface area (Å²) in [6, 6.07) is 9.35. The van der Waals surface area contributed by atoms with Gasteiger partial charge in [-0.05, 0) is 26.3 Å². The van der Waals surface area contributed by atoms with E-state index in [-0.39, 0.29) is 24.0 Å². The van der Waals surface area contributed by atoms with E-state index in [1.54, 1.807) is 20.8 Å². The molecule has 0 radical (unpaired) electrons. The van der Waals surface area contributed by atoms with Crippen LogP contribution in [0.25, 0.3) is 0 Å². The molecular weight excluding hydrogens is 286 g/mol. The van der Waals surface area contributed by atoms with Gasteiger partial charge in [0.05, 0.1) is 4.92 Å². The Bertz CT molecular complexity index is 694. The van der Waals surface area contributed by atoms with E-state index in [1.807, 2.05) is 30.3 Å².